The van der Waals surface area contributed by atoms with Gasteiger partial charge >= 0.3 is 0 Å². The molecule has 2 N–H and O–H groups in total. The molecule has 0 spiro atoms. The Morgan fingerprint density at radius 3 is 2.53 bits per heavy atom. The lowest BCUT2D eigenvalue weighted by molar-refractivity contribution is 0.0977. The molecule has 0 aliphatic carbocycles. The molecule has 5 nitrogen and oxygen atoms in total. The maximum absolute atomic E-state index is 12.4. The topological polar surface area (TPSA) is 53.6 Å². The van der Waals surface area contributed by atoms with Gasteiger partial charge in [0.2, 0.25) is 0 Å². The number of rotatable bonds is 5. The van der Waals surface area contributed by atoms with Crippen molar-refractivity contribution >= 4 is 57.8 Å². The fourth-order valence-electron chi connectivity index (χ4n) is 3.34. The Bertz CT molecular complexity index is 931. The van der Waals surface area contributed by atoms with Crippen LogP contribution < -0.4 is 20.3 Å². The second-order valence-corrected chi connectivity index (χ2v) is 8.54. The molecular weight excluding hydrogens is 441 g/mol. The number of carbonyl (C=O) groups is 1. The molecule has 160 valence electrons. The Morgan fingerprint density at radius 1 is 1.17 bits per heavy atom. The summed E-state index contributed by atoms with van der Waals surface area (Å²) < 4.78 is 5.38. The number of hydrogen-bond donors (Lipinski definition) is 2. The van der Waals surface area contributed by atoms with E-state index in [4.69, 9.17) is 40.2 Å². The maximum atomic E-state index is 12.4. The highest BCUT2D eigenvalue weighted by molar-refractivity contribution is 7.80. The number of amides is 1. The predicted octanol–water partition coefficient (Wildman–Crippen LogP) is 5.76. The second kappa shape index (κ2) is 10.3. The van der Waals surface area contributed by atoms with Crippen molar-refractivity contribution in [2.24, 2.45) is 5.92 Å². The molecule has 30 heavy (non-hydrogen) atoms. The SMILES string of the molecule is CCOc1ccc(C(=O)NC(=S)Nc2ccc(N3CCC(C)CC3)c(Cl)c2)cc1Cl. The number of halogens is 2. The fraction of sp³-hybridized carbons (Fsp3) is 0.364. The van der Waals surface area contributed by atoms with E-state index >= 15 is 0 Å². The summed E-state index contributed by atoms with van der Waals surface area (Å²) in [7, 11) is 0. The van der Waals surface area contributed by atoms with Gasteiger partial charge in [-0.15, -0.1) is 0 Å². The third-order valence-corrected chi connectivity index (χ3v) is 5.85. The molecule has 2 aromatic carbocycles. The standard InChI is InChI=1S/C22H25Cl2N3O2S/c1-3-29-20-7-4-15(12-18(20)24)21(28)26-22(30)25-16-5-6-19(17(23)13-16)27-10-8-14(2)9-11-27/h4-7,12-14H,3,8-11H2,1-2H3,(H2,25,26,28,30). The van der Waals surface area contributed by atoms with E-state index in [1.54, 1.807) is 18.2 Å². The number of benzene rings is 2. The zero-order chi connectivity index (χ0) is 21.7. The minimum atomic E-state index is -0.359. The van der Waals surface area contributed by atoms with Crippen LogP contribution in [0.4, 0.5) is 11.4 Å². The van der Waals surface area contributed by atoms with Crippen molar-refractivity contribution in [1.29, 1.82) is 0 Å². The third-order valence-electron chi connectivity index (χ3n) is 5.05. The van der Waals surface area contributed by atoms with Crippen LogP contribution >= 0.6 is 35.4 Å². The fourth-order valence-corrected chi connectivity index (χ4v) is 4.09. The first-order chi connectivity index (χ1) is 14.4. The van der Waals surface area contributed by atoms with Gasteiger partial charge in [0.05, 0.1) is 22.3 Å². The molecular formula is C22H25Cl2N3O2S. The summed E-state index contributed by atoms with van der Waals surface area (Å²) in [6, 6.07) is 10.6. The third kappa shape index (κ3) is 5.78. The van der Waals surface area contributed by atoms with Gasteiger partial charge in [-0.05, 0) is 74.3 Å². The van der Waals surface area contributed by atoms with E-state index in [1.807, 2.05) is 25.1 Å². The van der Waals surface area contributed by atoms with Crippen molar-refractivity contribution in [3.05, 3.63) is 52.0 Å². The number of thiocarbonyl (C=S) groups is 1. The van der Waals surface area contributed by atoms with Gasteiger partial charge in [-0.1, -0.05) is 30.1 Å². The average Bonchev–Trinajstić information content (AvgIpc) is 2.70. The van der Waals surface area contributed by atoms with E-state index in [-0.39, 0.29) is 11.0 Å². The van der Waals surface area contributed by atoms with Crippen LogP contribution in [0.5, 0.6) is 5.75 Å². The van der Waals surface area contributed by atoms with Crippen molar-refractivity contribution in [1.82, 2.24) is 5.32 Å². The highest BCUT2D eigenvalue weighted by Gasteiger charge is 2.18. The van der Waals surface area contributed by atoms with Crippen LogP contribution in [0.25, 0.3) is 0 Å². The van der Waals surface area contributed by atoms with Crippen molar-refractivity contribution in [3.63, 3.8) is 0 Å². The number of piperidine rings is 1. The summed E-state index contributed by atoms with van der Waals surface area (Å²) in [6.45, 7) is 6.66. The van der Waals surface area contributed by atoms with E-state index in [0.29, 0.717) is 33.7 Å². The minimum Gasteiger partial charge on any atom is -0.492 e. The molecule has 1 aliphatic rings. The first kappa shape index (κ1) is 22.7. The van der Waals surface area contributed by atoms with Crippen molar-refractivity contribution in [2.75, 3.05) is 29.9 Å². The second-order valence-electron chi connectivity index (χ2n) is 7.32. The van der Waals surface area contributed by atoms with E-state index in [0.717, 1.165) is 24.7 Å². The van der Waals surface area contributed by atoms with Crippen LogP contribution in [0.3, 0.4) is 0 Å². The molecule has 0 aromatic heterocycles. The lowest BCUT2D eigenvalue weighted by Gasteiger charge is -2.32. The van der Waals surface area contributed by atoms with Crippen LogP contribution in [0.15, 0.2) is 36.4 Å². The van der Waals surface area contributed by atoms with Crippen LogP contribution in [-0.2, 0) is 0 Å². The van der Waals surface area contributed by atoms with Gasteiger partial charge in [-0.3, -0.25) is 10.1 Å². The highest BCUT2D eigenvalue weighted by atomic mass is 35.5. The summed E-state index contributed by atoms with van der Waals surface area (Å²) in [4.78, 5) is 14.8. The van der Waals surface area contributed by atoms with Crippen LogP contribution in [0.1, 0.15) is 37.0 Å². The van der Waals surface area contributed by atoms with E-state index in [1.165, 1.54) is 12.8 Å². The lowest BCUT2D eigenvalue weighted by Crippen LogP contribution is -2.34. The summed E-state index contributed by atoms with van der Waals surface area (Å²) in [6.07, 6.45) is 2.34. The zero-order valence-corrected chi connectivity index (χ0v) is 19.3. The van der Waals surface area contributed by atoms with E-state index < -0.39 is 0 Å². The smallest absolute Gasteiger partial charge is 0.257 e. The minimum absolute atomic E-state index is 0.181. The van der Waals surface area contributed by atoms with Gasteiger partial charge in [0, 0.05) is 24.3 Å². The van der Waals surface area contributed by atoms with Crippen LogP contribution in [-0.4, -0.2) is 30.7 Å². The van der Waals surface area contributed by atoms with Crippen molar-refractivity contribution < 1.29 is 9.53 Å². The molecule has 3 rings (SSSR count). The number of nitrogens with zero attached hydrogens (tertiary/aromatic N) is 1. The molecule has 0 atom stereocenters. The summed E-state index contributed by atoms with van der Waals surface area (Å²) in [5.74, 6) is 0.934. The summed E-state index contributed by atoms with van der Waals surface area (Å²) in [5, 5.41) is 6.87. The average molecular weight is 466 g/mol. The Morgan fingerprint density at radius 2 is 1.90 bits per heavy atom. The predicted molar refractivity (Wildman–Crippen MR) is 128 cm³/mol. The molecule has 1 heterocycles. The van der Waals surface area contributed by atoms with Crippen molar-refractivity contribution in [2.45, 2.75) is 26.7 Å². The van der Waals surface area contributed by atoms with Gasteiger partial charge in [0.15, 0.2) is 5.11 Å². The molecule has 8 heteroatoms. The van der Waals surface area contributed by atoms with Gasteiger partial charge in [0.25, 0.3) is 5.91 Å². The van der Waals surface area contributed by atoms with E-state index in [2.05, 4.69) is 22.5 Å². The van der Waals surface area contributed by atoms with Gasteiger partial charge in [0.1, 0.15) is 5.75 Å². The van der Waals surface area contributed by atoms with Gasteiger partial charge < -0.3 is 15.0 Å². The molecule has 0 radical (unpaired) electrons. The molecule has 0 bridgehead atoms. The molecule has 1 fully saturated rings. The largest absolute Gasteiger partial charge is 0.492 e. The van der Waals surface area contributed by atoms with Crippen LogP contribution in [0.2, 0.25) is 10.0 Å². The Labute approximate surface area is 192 Å². The molecule has 0 saturated carbocycles. The summed E-state index contributed by atoms with van der Waals surface area (Å²) in [5.41, 5.74) is 2.12. The highest BCUT2D eigenvalue weighted by Crippen LogP contribution is 2.32. The zero-order valence-electron chi connectivity index (χ0n) is 17.0. The Balaban J connectivity index is 1.60. The number of hydrogen-bond acceptors (Lipinski definition) is 4. The molecule has 1 saturated heterocycles. The molecule has 0 unspecified atom stereocenters. The molecule has 1 aliphatic heterocycles. The Hall–Kier alpha value is -2.02. The van der Waals surface area contributed by atoms with Gasteiger partial charge in [-0.2, -0.15) is 0 Å². The van der Waals surface area contributed by atoms with E-state index in [9.17, 15) is 4.79 Å². The lowest BCUT2D eigenvalue weighted by atomic mass is 9.99. The van der Waals surface area contributed by atoms with Gasteiger partial charge in [-0.25, -0.2) is 0 Å². The quantitative estimate of drug-likeness (QED) is 0.550. The maximum Gasteiger partial charge on any atom is 0.257 e. The molecule has 2 aromatic rings. The van der Waals surface area contributed by atoms with Crippen molar-refractivity contribution in [3.8, 4) is 5.75 Å². The molecule has 1 amide bonds. The number of anilines is 2. The Kier molecular flexibility index (Phi) is 7.81. The number of carbonyl (C=O) groups excluding carboxylic acids is 1. The number of ether oxygens (including phenoxy) is 1. The summed E-state index contributed by atoms with van der Waals surface area (Å²) >= 11 is 17.9. The monoisotopic (exact) mass is 465 g/mol. The first-order valence-corrected chi connectivity index (χ1v) is 11.1. The first-order valence-electron chi connectivity index (χ1n) is 9.96. The van der Waals surface area contributed by atoms with Crippen LogP contribution in [0, 0.1) is 5.92 Å². The normalized spacial score (nSPS) is 14.3. The number of nitrogens with one attached hydrogen (secondary N) is 2.